The first-order chi connectivity index (χ1) is 9.66. The van der Waals surface area contributed by atoms with Gasteiger partial charge in [-0.05, 0) is 31.2 Å². The summed E-state index contributed by atoms with van der Waals surface area (Å²) in [6.07, 6.45) is 0. The summed E-state index contributed by atoms with van der Waals surface area (Å²) in [6.45, 7) is 2.97. The average Bonchev–Trinajstić information content (AvgIpc) is 2.48. The van der Waals surface area contributed by atoms with E-state index >= 15 is 0 Å². The largest absolute Gasteiger partial charge is 0.490 e. The van der Waals surface area contributed by atoms with Crippen LogP contribution >= 0.6 is 0 Å². The maximum atomic E-state index is 12.7. The summed E-state index contributed by atoms with van der Waals surface area (Å²) in [5, 5.41) is 0. The fraction of sp³-hybridized carbons (Fsp3) is 0.188. The van der Waals surface area contributed by atoms with E-state index in [2.05, 4.69) is 0 Å². The van der Waals surface area contributed by atoms with Crippen LogP contribution in [0.4, 0.5) is 11.4 Å². The summed E-state index contributed by atoms with van der Waals surface area (Å²) in [7, 11) is 0. The van der Waals surface area contributed by atoms with Crippen LogP contribution in [0.15, 0.2) is 42.5 Å². The maximum Gasteiger partial charge on any atom is 0.260 e. The number of carbonyl (C=O) groups is 1. The highest BCUT2D eigenvalue weighted by molar-refractivity contribution is 6.10. The Kier molecular flexibility index (Phi) is 3.06. The fourth-order valence-corrected chi connectivity index (χ4v) is 2.38. The number of amides is 1. The number of anilines is 2. The van der Waals surface area contributed by atoms with Crippen LogP contribution in [-0.2, 0) is 0 Å². The van der Waals surface area contributed by atoms with E-state index in [1.54, 1.807) is 11.0 Å². The number of aryl methyl sites for hydroxylation is 1. The van der Waals surface area contributed by atoms with Crippen LogP contribution in [0.1, 0.15) is 15.9 Å². The molecular formula is C16H16N2O2. The summed E-state index contributed by atoms with van der Waals surface area (Å²) in [4.78, 5) is 14.5. The Balaban J connectivity index is 2.02. The topological polar surface area (TPSA) is 55.6 Å². The van der Waals surface area contributed by atoms with Crippen molar-refractivity contribution in [3.8, 4) is 5.75 Å². The molecule has 0 radical (unpaired) electrons. The molecule has 4 heteroatoms. The lowest BCUT2D eigenvalue weighted by Gasteiger charge is -2.29. The highest BCUT2D eigenvalue weighted by Gasteiger charge is 2.25. The average molecular weight is 268 g/mol. The van der Waals surface area contributed by atoms with Gasteiger partial charge in [0.05, 0.1) is 17.8 Å². The van der Waals surface area contributed by atoms with E-state index in [1.807, 2.05) is 43.3 Å². The zero-order valence-electron chi connectivity index (χ0n) is 11.3. The monoisotopic (exact) mass is 268 g/mol. The predicted octanol–water partition coefficient (Wildman–Crippen LogP) is 2.62. The molecule has 2 N–H and O–H groups in total. The van der Waals surface area contributed by atoms with E-state index in [9.17, 15) is 4.79 Å². The molecule has 20 heavy (non-hydrogen) atoms. The first kappa shape index (κ1) is 12.5. The van der Waals surface area contributed by atoms with Gasteiger partial charge in [0.1, 0.15) is 12.4 Å². The lowest BCUT2D eigenvalue weighted by atomic mass is 10.1. The van der Waals surface area contributed by atoms with Crippen LogP contribution in [0.25, 0.3) is 0 Å². The second-order valence-corrected chi connectivity index (χ2v) is 4.86. The van der Waals surface area contributed by atoms with E-state index in [-0.39, 0.29) is 5.91 Å². The van der Waals surface area contributed by atoms with Crippen LogP contribution in [0, 0.1) is 6.92 Å². The number of para-hydroxylation sites is 2. The summed E-state index contributed by atoms with van der Waals surface area (Å²) >= 11 is 0. The Morgan fingerprint density at radius 3 is 2.90 bits per heavy atom. The number of carbonyl (C=O) groups excluding carboxylic acids is 1. The molecule has 102 valence electrons. The summed E-state index contributed by atoms with van der Waals surface area (Å²) < 4.78 is 5.57. The number of nitrogens with two attached hydrogens (primary N) is 1. The molecule has 3 rings (SSSR count). The number of rotatable bonds is 1. The van der Waals surface area contributed by atoms with E-state index in [1.165, 1.54) is 0 Å². The van der Waals surface area contributed by atoms with Crippen LogP contribution in [-0.4, -0.2) is 19.1 Å². The Labute approximate surface area is 117 Å². The smallest absolute Gasteiger partial charge is 0.260 e. The lowest BCUT2D eigenvalue weighted by Crippen LogP contribution is -2.38. The van der Waals surface area contributed by atoms with E-state index in [4.69, 9.17) is 10.5 Å². The molecule has 0 fully saturated rings. The zero-order chi connectivity index (χ0) is 14.1. The number of hydrogen-bond donors (Lipinski definition) is 1. The number of nitrogen functional groups attached to an aromatic ring is 1. The molecule has 2 aromatic rings. The Morgan fingerprint density at radius 2 is 2.05 bits per heavy atom. The van der Waals surface area contributed by atoms with Gasteiger partial charge in [0.2, 0.25) is 0 Å². The van der Waals surface area contributed by atoms with E-state index < -0.39 is 0 Å². The standard InChI is InChI=1S/C16H16N2O2/c1-11-6-7-13(17)12(10-11)16(19)18-8-9-20-15-5-3-2-4-14(15)18/h2-7,10H,8-9,17H2,1H3. The molecule has 0 aliphatic carbocycles. The SMILES string of the molecule is Cc1ccc(N)c(C(=O)N2CCOc3ccccc32)c1. The van der Waals surface area contributed by atoms with Gasteiger partial charge in [-0.3, -0.25) is 4.79 Å². The molecule has 0 aromatic heterocycles. The molecular weight excluding hydrogens is 252 g/mol. The normalized spacial score (nSPS) is 13.6. The van der Waals surface area contributed by atoms with Gasteiger partial charge in [0, 0.05) is 5.69 Å². The van der Waals surface area contributed by atoms with Crippen molar-refractivity contribution in [3.05, 3.63) is 53.6 Å². The second-order valence-electron chi connectivity index (χ2n) is 4.86. The third kappa shape index (κ3) is 2.09. The molecule has 0 atom stereocenters. The second kappa shape index (κ2) is 4.89. The number of nitrogens with zero attached hydrogens (tertiary/aromatic N) is 1. The minimum absolute atomic E-state index is 0.0815. The highest BCUT2D eigenvalue weighted by Crippen LogP contribution is 2.32. The van der Waals surface area contributed by atoms with Crippen molar-refractivity contribution in [1.82, 2.24) is 0 Å². The number of benzene rings is 2. The first-order valence-electron chi connectivity index (χ1n) is 6.56. The van der Waals surface area contributed by atoms with Gasteiger partial charge in [0.25, 0.3) is 5.91 Å². The van der Waals surface area contributed by atoms with Crippen molar-refractivity contribution in [2.45, 2.75) is 6.92 Å². The predicted molar refractivity (Wildman–Crippen MR) is 79.2 cm³/mol. The quantitative estimate of drug-likeness (QED) is 0.809. The summed E-state index contributed by atoms with van der Waals surface area (Å²) in [5.41, 5.74) is 8.80. The van der Waals surface area contributed by atoms with Crippen LogP contribution in [0.2, 0.25) is 0 Å². The number of ether oxygens (including phenoxy) is 1. The van der Waals surface area contributed by atoms with Crippen molar-refractivity contribution in [2.24, 2.45) is 0 Å². The third-order valence-corrected chi connectivity index (χ3v) is 3.41. The molecule has 2 aromatic carbocycles. The van der Waals surface area contributed by atoms with E-state index in [0.29, 0.717) is 24.4 Å². The number of fused-ring (bicyclic) bond motifs is 1. The van der Waals surface area contributed by atoms with Crippen molar-refractivity contribution in [3.63, 3.8) is 0 Å². The van der Waals surface area contributed by atoms with Crippen LogP contribution < -0.4 is 15.4 Å². The molecule has 4 nitrogen and oxygen atoms in total. The van der Waals surface area contributed by atoms with Gasteiger partial charge in [-0.1, -0.05) is 23.8 Å². The Morgan fingerprint density at radius 1 is 1.25 bits per heavy atom. The van der Waals surface area contributed by atoms with E-state index in [0.717, 1.165) is 17.0 Å². The third-order valence-electron chi connectivity index (χ3n) is 3.41. The van der Waals surface area contributed by atoms with Crippen molar-refractivity contribution in [2.75, 3.05) is 23.8 Å². The first-order valence-corrected chi connectivity index (χ1v) is 6.56. The molecule has 0 spiro atoms. The molecule has 0 bridgehead atoms. The number of hydrogen-bond acceptors (Lipinski definition) is 3. The van der Waals surface area contributed by atoms with Gasteiger partial charge >= 0.3 is 0 Å². The van der Waals surface area contributed by atoms with Crippen molar-refractivity contribution < 1.29 is 9.53 Å². The Hall–Kier alpha value is -2.49. The highest BCUT2D eigenvalue weighted by atomic mass is 16.5. The molecule has 1 heterocycles. The molecule has 0 saturated carbocycles. The molecule has 0 unspecified atom stereocenters. The van der Waals surface area contributed by atoms with Gasteiger partial charge < -0.3 is 15.4 Å². The lowest BCUT2D eigenvalue weighted by molar-refractivity contribution is 0.0977. The van der Waals surface area contributed by atoms with Crippen LogP contribution in [0.3, 0.4) is 0 Å². The van der Waals surface area contributed by atoms with Gasteiger partial charge in [-0.15, -0.1) is 0 Å². The Bertz CT molecular complexity index is 667. The summed E-state index contributed by atoms with van der Waals surface area (Å²) in [6, 6.07) is 13.1. The minimum atomic E-state index is -0.0815. The minimum Gasteiger partial charge on any atom is -0.490 e. The van der Waals surface area contributed by atoms with Crippen molar-refractivity contribution in [1.29, 1.82) is 0 Å². The van der Waals surface area contributed by atoms with Crippen molar-refractivity contribution >= 4 is 17.3 Å². The fourth-order valence-electron chi connectivity index (χ4n) is 2.38. The van der Waals surface area contributed by atoms with Gasteiger partial charge in [-0.2, -0.15) is 0 Å². The zero-order valence-corrected chi connectivity index (χ0v) is 11.3. The van der Waals surface area contributed by atoms with Gasteiger partial charge in [-0.25, -0.2) is 0 Å². The molecule has 1 amide bonds. The maximum absolute atomic E-state index is 12.7. The van der Waals surface area contributed by atoms with Crippen LogP contribution in [0.5, 0.6) is 5.75 Å². The van der Waals surface area contributed by atoms with Gasteiger partial charge in [0.15, 0.2) is 0 Å². The summed E-state index contributed by atoms with van der Waals surface area (Å²) in [5.74, 6) is 0.653. The molecule has 0 saturated heterocycles. The molecule has 1 aliphatic rings. The molecule has 1 aliphatic heterocycles.